The van der Waals surface area contributed by atoms with Gasteiger partial charge in [0.2, 0.25) is 0 Å². The van der Waals surface area contributed by atoms with Gasteiger partial charge in [0.1, 0.15) is 0 Å². The molecule has 106 valence electrons. The van der Waals surface area contributed by atoms with E-state index in [0.29, 0.717) is 0 Å². The maximum Gasteiger partial charge on any atom is 0.255 e. The summed E-state index contributed by atoms with van der Waals surface area (Å²) in [5.41, 5.74) is 2.77. The fourth-order valence-electron chi connectivity index (χ4n) is 1.84. The molecule has 0 aliphatic carbocycles. The molecule has 1 aromatic carbocycles. The molecule has 0 aliphatic heterocycles. The van der Waals surface area contributed by atoms with Crippen LogP contribution in [0.25, 0.3) is 0 Å². The van der Waals surface area contributed by atoms with Gasteiger partial charge >= 0.3 is 0 Å². The molecule has 0 heterocycles. The van der Waals surface area contributed by atoms with E-state index in [1.165, 1.54) is 0 Å². The molecule has 0 fully saturated rings. The second-order valence-electron chi connectivity index (χ2n) is 5.11. The van der Waals surface area contributed by atoms with Gasteiger partial charge in [-0.15, -0.1) is 0 Å². The summed E-state index contributed by atoms with van der Waals surface area (Å²) in [6.45, 7) is 6.44. The van der Waals surface area contributed by atoms with E-state index >= 15 is 0 Å². The van der Waals surface area contributed by atoms with Crippen LogP contribution >= 0.6 is 0 Å². The van der Waals surface area contributed by atoms with Crippen LogP contribution in [0.4, 0.5) is 5.69 Å². The summed E-state index contributed by atoms with van der Waals surface area (Å²) in [6, 6.07) is 5.95. The van der Waals surface area contributed by atoms with Gasteiger partial charge in [-0.25, -0.2) is 0 Å². The van der Waals surface area contributed by atoms with Crippen LogP contribution in [0.15, 0.2) is 18.2 Å². The molecule has 0 bridgehead atoms. The lowest BCUT2D eigenvalue weighted by atomic mass is 10.1. The number of amides is 1. The second-order valence-corrected chi connectivity index (χ2v) is 5.11. The van der Waals surface area contributed by atoms with Crippen LogP contribution in [0, 0.1) is 6.92 Å². The fourth-order valence-corrected chi connectivity index (χ4v) is 1.84. The molecular formula is C15H25N3O. The molecule has 0 radical (unpaired) electrons. The number of carbonyl (C=O) groups is 1. The summed E-state index contributed by atoms with van der Waals surface area (Å²) in [7, 11) is 5.87. The van der Waals surface area contributed by atoms with Crippen molar-refractivity contribution in [2.75, 3.05) is 46.1 Å². The fraction of sp³-hybridized carbons (Fsp3) is 0.533. The summed E-state index contributed by atoms with van der Waals surface area (Å²) >= 11 is 0. The van der Waals surface area contributed by atoms with E-state index < -0.39 is 0 Å². The van der Waals surface area contributed by atoms with Gasteiger partial charge in [-0.2, -0.15) is 0 Å². The average Bonchev–Trinajstić information content (AvgIpc) is 2.37. The molecular weight excluding hydrogens is 238 g/mol. The molecule has 0 atom stereocenters. The smallest absolute Gasteiger partial charge is 0.255 e. The molecule has 1 rings (SSSR count). The van der Waals surface area contributed by atoms with Gasteiger partial charge in [0.25, 0.3) is 5.91 Å². The first-order valence-corrected chi connectivity index (χ1v) is 6.70. The average molecular weight is 263 g/mol. The minimum atomic E-state index is 0.0708. The van der Waals surface area contributed by atoms with Gasteiger partial charge < -0.3 is 15.1 Å². The lowest BCUT2D eigenvalue weighted by Gasteiger charge is -2.21. The van der Waals surface area contributed by atoms with E-state index in [1.54, 1.807) is 4.90 Å². The Labute approximate surface area is 116 Å². The standard InChI is InChI=1S/C15H25N3O/c1-6-16-14-8-7-12(2)11-13(14)15(19)18(5)10-9-17(3)4/h7-8,11,16H,6,9-10H2,1-5H3. The summed E-state index contributed by atoms with van der Waals surface area (Å²) in [4.78, 5) is 16.3. The molecule has 4 nitrogen and oxygen atoms in total. The Bertz CT molecular complexity index is 429. The number of benzene rings is 1. The van der Waals surface area contributed by atoms with E-state index in [0.717, 1.165) is 36.4 Å². The van der Waals surface area contributed by atoms with Crippen molar-refractivity contribution in [1.82, 2.24) is 9.80 Å². The Hall–Kier alpha value is -1.55. The topological polar surface area (TPSA) is 35.6 Å². The van der Waals surface area contributed by atoms with Crippen molar-refractivity contribution in [2.45, 2.75) is 13.8 Å². The van der Waals surface area contributed by atoms with Crippen molar-refractivity contribution in [1.29, 1.82) is 0 Å². The first-order chi connectivity index (χ1) is 8.95. The van der Waals surface area contributed by atoms with Crippen molar-refractivity contribution in [2.24, 2.45) is 0 Å². The minimum absolute atomic E-state index is 0.0708. The highest BCUT2D eigenvalue weighted by Crippen LogP contribution is 2.18. The number of nitrogens with zero attached hydrogens (tertiary/aromatic N) is 2. The highest BCUT2D eigenvalue weighted by atomic mass is 16.2. The molecule has 0 spiro atoms. The Morgan fingerprint density at radius 2 is 1.89 bits per heavy atom. The molecule has 0 saturated heterocycles. The van der Waals surface area contributed by atoms with Crippen molar-refractivity contribution >= 4 is 11.6 Å². The van der Waals surface area contributed by atoms with Crippen molar-refractivity contribution in [3.8, 4) is 0 Å². The number of carbonyl (C=O) groups excluding carboxylic acids is 1. The van der Waals surface area contributed by atoms with Gasteiger partial charge in [-0.05, 0) is 40.1 Å². The SMILES string of the molecule is CCNc1ccc(C)cc1C(=O)N(C)CCN(C)C. The third-order valence-electron chi connectivity index (χ3n) is 3.00. The summed E-state index contributed by atoms with van der Waals surface area (Å²) in [5.74, 6) is 0.0708. The molecule has 1 amide bonds. The molecule has 0 aromatic heterocycles. The first-order valence-electron chi connectivity index (χ1n) is 6.70. The summed E-state index contributed by atoms with van der Waals surface area (Å²) in [6.07, 6.45) is 0. The van der Waals surface area contributed by atoms with Crippen molar-refractivity contribution < 1.29 is 4.79 Å². The molecule has 1 N–H and O–H groups in total. The zero-order chi connectivity index (χ0) is 14.4. The van der Waals surface area contributed by atoms with Crippen LogP contribution in [0.3, 0.4) is 0 Å². The zero-order valence-electron chi connectivity index (χ0n) is 12.7. The van der Waals surface area contributed by atoms with Crippen LogP contribution < -0.4 is 5.32 Å². The number of hydrogen-bond acceptors (Lipinski definition) is 3. The number of aryl methyl sites for hydroxylation is 1. The number of nitrogens with one attached hydrogen (secondary N) is 1. The van der Waals surface area contributed by atoms with Gasteiger partial charge in [-0.3, -0.25) is 4.79 Å². The van der Waals surface area contributed by atoms with Gasteiger partial charge in [0, 0.05) is 32.4 Å². The predicted octanol–water partition coefficient (Wildman–Crippen LogP) is 2.06. The molecule has 1 aromatic rings. The summed E-state index contributed by atoms with van der Waals surface area (Å²) < 4.78 is 0. The summed E-state index contributed by atoms with van der Waals surface area (Å²) in [5, 5.41) is 3.25. The van der Waals surface area contributed by atoms with Crippen LogP contribution in [-0.4, -0.2) is 56.5 Å². The normalized spacial score (nSPS) is 10.6. The highest BCUT2D eigenvalue weighted by Gasteiger charge is 2.15. The van der Waals surface area contributed by atoms with E-state index in [2.05, 4.69) is 10.2 Å². The van der Waals surface area contributed by atoms with E-state index in [1.807, 2.05) is 53.2 Å². The van der Waals surface area contributed by atoms with Gasteiger partial charge in [-0.1, -0.05) is 11.6 Å². The van der Waals surface area contributed by atoms with Crippen LogP contribution in [0.2, 0.25) is 0 Å². The van der Waals surface area contributed by atoms with E-state index in [-0.39, 0.29) is 5.91 Å². The van der Waals surface area contributed by atoms with Gasteiger partial charge in [0.05, 0.1) is 5.56 Å². The molecule has 0 aliphatic rings. The number of likely N-dealkylation sites (N-methyl/N-ethyl adjacent to an activating group) is 2. The van der Waals surface area contributed by atoms with Gasteiger partial charge in [0.15, 0.2) is 0 Å². The maximum absolute atomic E-state index is 12.5. The Morgan fingerprint density at radius 1 is 1.21 bits per heavy atom. The third-order valence-corrected chi connectivity index (χ3v) is 3.00. The third kappa shape index (κ3) is 4.56. The zero-order valence-corrected chi connectivity index (χ0v) is 12.7. The van der Waals surface area contributed by atoms with Crippen molar-refractivity contribution in [3.05, 3.63) is 29.3 Å². The van der Waals surface area contributed by atoms with Crippen molar-refractivity contribution in [3.63, 3.8) is 0 Å². The molecule has 4 heteroatoms. The molecule has 19 heavy (non-hydrogen) atoms. The second kappa shape index (κ2) is 7.14. The number of hydrogen-bond donors (Lipinski definition) is 1. The maximum atomic E-state index is 12.5. The molecule has 0 saturated carbocycles. The Morgan fingerprint density at radius 3 is 2.47 bits per heavy atom. The minimum Gasteiger partial charge on any atom is -0.385 e. The quantitative estimate of drug-likeness (QED) is 0.853. The van der Waals surface area contributed by atoms with Crippen LogP contribution in [-0.2, 0) is 0 Å². The lowest BCUT2D eigenvalue weighted by molar-refractivity contribution is 0.0787. The first kappa shape index (κ1) is 15.5. The van der Waals surface area contributed by atoms with Crippen LogP contribution in [0.1, 0.15) is 22.8 Å². The highest BCUT2D eigenvalue weighted by molar-refractivity contribution is 5.99. The number of rotatable bonds is 6. The predicted molar refractivity (Wildman–Crippen MR) is 80.9 cm³/mol. The largest absolute Gasteiger partial charge is 0.385 e. The lowest BCUT2D eigenvalue weighted by Crippen LogP contribution is -2.33. The van der Waals surface area contributed by atoms with E-state index in [9.17, 15) is 4.79 Å². The Balaban J connectivity index is 2.87. The monoisotopic (exact) mass is 263 g/mol. The van der Waals surface area contributed by atoms with E-state index in [4.69, 9.17) is 0 Å². The Kier molecular flexibility index (Phi) is 5.83. The number of anilines is 1. The molecule has 0 unspecified atom stereocenters. The van der Waals surface area contributed by atoms with Crippen LogP contribution in [0.5, 0.6) is 0 Å².